The predicted octanol–water partition coefficient (Wildman–Crippen LogP) is 4.41. The van der Waals surface area contributed by atoms with E-state index in [0.717, 1.165) is 12.1 Å². The molecule has 0 aliphatic carbocycles. The molecule has 0 saturated heterocycles. The largest absolute Gasteiger partial charge is 0.416 e. The van der Waals surface area contributed by atoms with Crippen molar-refractivity contribution in [3.05, 3.63) is 40.8 Å². The zero-order valence-corrected chi connectivity index (χ0v) is 11.3. The van der Waals surface area contributed by atoms with E-state index in [-0.39, 0.29) is 15.7 Å². The average Bonchev–Trinajstić information content (AvgIpc) is 2.33. The highest BCUT2D eigenvalue weighted by Crippen LogP contribution is 2.34. The van der Waals surface area contributed by atoms with Gasteiger partial charge in [-0.25, -0.2) is 9.97 Å². The maximum atomic E-state index is 12.7. The Morgan fingerprint density at radius 2 is 1.89 bits per heavy atom. The van der Waals surface area contributed by atoms with Gasteiger partial charge in [-0.3, -0.25) is 0 Å². The second-order valence-electron chi connectivity index (χ2n) is 3.84. The van der Waals surface area contributed by atoms with E-state index in [4.69, 9.17) is 11.6 Å². The third kappa shape index (κ3) is 3.01. The second-order valence-corrected chi connectivity index (χ2v) is 4.64. The number of hydrogen-bond donors (Lipinski definition) is 1. The summed E-state index contributed by atoms with van der Waals surface area (Å²) in [6, 6.07) is 4.85. The Bertz CT molecular complexity index is 629. The van der Waals surface area contributed by atoms with Gasteiger partial charge in [-0.2, -0.15) is 13.2 Å². The van der Waals surface area contributed by atoms with Crippen molar-refractivity contribution < 1.29 is 13.2 Å². The molecule has 0 radical (unpaired) electrons. The van der Waals surface area contributed by atoms with Gasteiger partial charge in [0.15, 0.2) is 0 Å². The van der Waals surface area contributed by atoms with E-state index in [1.165, 1.54) is 12.1 Å². The van der Waals surface area contributed by atoms with E-state index in [2.05, 4.69) is 22.6 Å². The standard InChI is InChI=1S/C12H8ClF3N2S/c1-6-17-9(10(19)11(13)18-6)7-3-2-4-8(5-7)12(14,15)16/h2-5,19H,1H3. The van der Waals surface area contributed by atoms with Crippen LogP contribution in [0.1, 0.15) is 11.4 Å². The molecule has 100 valence electrons. The van der Waals surface area contributed by atoms with E-state index in [1.807, 2.05) is 0 Å². The molecule has 0 atom stereocenters. The van der Waals surface area contributed by atoms with E-state index in [9.17, 15) is 13.2 Å². The molecule has 0 amide bonds. The van der Waals surface area contributed by atoms with Crippen LogP contribution in [-0.4, -0.2) is 9.97 Å². The van der Waals surface area contributed by atoms with Crippen molar-refractivity contribution in [2.75, 3.05) is 0 Å². The lowest BCUT2D eigenvalue weighted by molar-refractivity contribution is -0.137. The molecule has 2 nitrogen and oxygen atoms in total. The summed E-state index contributed by atoms with van der Waals surface area (Å²) in [5, 5.41) is 0.114. The molecule has 1 aromatic carbocycles. The predicted molar refractivity (Wildman–Crippen MR) is 69.5 cm³/mol. The Labute approximate surface area is 118 Å². The molecule has 1 aromatic heterocycles. The average molecular weight is 305 g/mol. The lowest BCUT2D eigenvalue weighted by Gasteiger charge is -2.10. The zero-order valence-electron chi connectivity index (χ0n) is 9.66. The first kappa shape index (κ1) is 14.1. The second kappa shape index (κ2) is 5.02. The third-order valence-corrected chi connectivity index (χ3v) is 3.25. The van der Waals surface area contributed by atoms with Crippen LogP contribution in [-0.2, 0) is 6.18 Å². The van der Waals surface area contributed by atoms with Crippen molar-refractivity contribution in [1.82, 2.24) is 9.97 Å². The summed E-state index contributed by atoms with van der Waals surface area (Å²) in [4.78, 5) is 8.23. The highest BCUT2D eigenvalue weighted by Gasteiger charge is 2.30. The lowest BCUT2D eigenvalue weighted by Crippen LogP contribution is -2.05. The number of aromatic nitrogens is 2. The molecule has 7 heteroatoms. The summed E-state index contributed by atoms with van der Waals surface area (Å²) >= 11 is 9.99. The van der Waals surface area contributed by atoms with Gasteiger partial charge >= 0.3 is 6.18 Å². The molecule has 0 bridgehead atoms. The number of nitrogens with zero attached hydrogens (tertiary/aromatic N) is 2. The topological polar surface area (TPSA) is 25.8 Å². The van der Waals surface area contributed by atoms with Crippen molar-refractivity contribution in [3.63, 3.8) is 0 Å². The van der Waals surface area contributed by atoms with Crippen molar-refractivity contribution in [1.29, 1.82) is 0 Å². The minimum Gasteiger partial charge on any atom is -0.232 e. The maximum Gasteiger partial charge on any atom is 0.416 e. The minimum absolute atomic E-state index is 0.114. The first-order chi connectivity index (χ1) is 8.79. The van der Waals surface area contributed by atoms with Crippen LogP contribution in [0, 0.1) is 6.92 Å². The van der Waals surface area contributed by atoms with E-state index < -0.39 is 11.7 Å². The minimum atomic E-state index is -4.40. The van der Waals surface area contributed by atoms with Crippen LogP contribution in [0.15, 0.2) is 29.2 Å². The first-order valence-electron chi connectivity index (χ1n) is 5.20. The van der Waals surface area contributed by atoms with Crippen LogP contribution in [0.3, 0.4) is 0 Å². The van der Waals surface area contributed by atoms with Gasteiger partial charge in [0.25, 0.3) is 0 Å². The summed E-state index contributed by atoms with van der Waals surface area (Å²) in [6.07, 6.45) is -4.40. The molecule has 0 fully saturated rings. The summed E-state index contributed by atoms with van der Waals surface area (Å²) < 4.78 is 38.0. The summed E-state index contributed by atoms with van der Waals surface area (Å²) in [6.45, 7) is 1.61. The van der Waals surface area contributed by atoms with Gasteiger partial charge in [0.1, 0.15) is 11.0 Å². The van der Waals surface area contributed by atoms with Gasteiger partial charge in [0, 0.05) is 5.56 Å². The van der Waals surface area contributed by atoms with E-state index >= 15 is 0 Å². The Hall–Kier alpha value is -1.27. The summed E-state index contributed by atoms with van der Waals surface area (Å²) in [7, 11) is 0. The van der Waals surface area contributed by atoms with Crippen LogP contribution >= 0.6 is 24.2 Å². The molecule has 1 heterocycles. The number of benzene rings is 1. The highest BCUT2D eigenvalue weighted by atomic mass is 35.5. The number of aryl methyl sites for hydroxylation is 1. The molecule has 0 spiro atoms. The number of alkyl halides is 3. The van der Waals surface area contributed by atoms with Gasteiger partial charge in [-0.1, -0.05) is 23.7 Å². The number of halogens is 4. The third-order valence-electron chi connectivity index (χ3n) is 2.42. The number of rotatable bonds is 1. The first-order valence-corrected chi connectivity index (χ1v) is 6.02. The zero-order chi connectivity index (χ0) is 14.2. The van der Waals surface area contributed by atoms with Gasteiger partial charge < -0.3 is 0 Å². The van der Waals surface area contributed by atoms with Gasteiger partial charge in [-0.15, -0.1) is 12.6 Å². The summed E-state index contributed by atoms with van der Waals surface area (Å²) in [5.41, 5.74) is -0.163. The van der Waals surface area contributed by atoms with Gasteiger partial charge in [0.2, 0.25) is 0 Å². The molecule has 0 N–H and O–H groups in total. The van der Waals surface area contributed by atoms with Crippen LogP contribution < -0.4 is 0 Å². The monoisotopic (exact) mass is 304 g/mol. The quantitative estimate of drug-likeness (QED) is 0.623. The molecule has 0 aliphatic heterocycles. The van der Waals surface area contributed by atoms with E-state index in [0.29, 0.717) is 11.4 Å². The lowest BCUT2D eigenvalue weighted by atomic mass is 10.1. The normalized spacial score (nSPS) is 11.7. The van der Waals surface area contributed by atoms with E-state index in [1.54, 1.807) is 6.92 Å². The Morgan fingerprint density at radius 3 is 2.53 bits per heavy atom. The molecule has 2 aromatic rings. The smallest absolute Gasteiger partial charge is 0.232 e. The molecular formula is C12H8ClF3N2S. The fourth-order valence-electron chi connectivity index (χ4n) is 1.58. The Morgan fingerprint density at radius 1 is 1.21 bits per heavy atom. The van der Waals surface area contributed by atoms with Crippen molar-refractivity contribution >= 4 is 24.2 Å². The maximum absolute atomic E-state index is 12.7. The molecule has 0 saturated carbocycles. The van der Waals surface area contributed by atoms with Crippen molar-refractivity contribution in [2.45, 2.75) is 18.0 Å². The molecule has 0 aliphatic rings. The Balaban J connectivity index is 2.60. The highest BCUT2D eigenvalue weighted by molar-refractivity contribution is 7.80. The summed E-state index contributed by atoms with van der Waals surface area (Å²) in [5.74, 6) is 0.371. The fourth-order valence-corrected chi connectivity index (χ4v) is 2.02. The van der Waals surface area contributed by atoms with Crippen molar-refractivity contribution in [2.24, 2.45) is 0 Å². The van der Waals surface area contributed by atoms with Crippen LogP contribution in [0.5, 0.6) is 0 Å². The molecule has 2 rings (SSSR count). The molecule has 0 unspecified atom stereocenters. The number of thiol groups is 1. The van der Waals surface area contributed by atoms with Crippen molar-refractivity contribution in [3.8, 4) is 11.3 Å². The van der Waals surface area contributed by atoms with Crippen LogP contribution in [0.4, 0.5) is 13.2 Å². The SMILES string of the molecule is Cc1nc(Cl)c(S)c(-c2cccc(C(F)(F)F)c2)n1. The number of hydrogen-bond acceptors (Lipinski definition) is 3. The van der Waals surface area contributed by atoms with Gasteiger partial charge in [-0.05, 0) is 19.1 Å². The molecular weight excluding hydrogens is 297 g/mol. The van der Waals surface area contributed by atoms with Crippen LogP contribution in [0.2, 0.25) is 5.15 Å². The Kier molecular flexibility index (Phi) is 3.73. The van der Waals surface area contributed by atoms with Crippen LogP contribution in [0.25, 0.3) is 11.3 Å². The fraction of sp³-hybridized carbons (Fsp3) is 0.167. The molecule has 19 heavy (non-hydrogen) atoms. The van der Waals surface area contributed by atoms with Gasteiger partial charge in [0.05, 0.1) is 16.2 Å².